The quantitative estimate of drug-likeness (QED) is 0.793. The number of hydrogen-bond acceptors (Lipinski definition) is 6. The van der Waals surface area contributed by atoms with E-state index < -0.39 is 0 Å². The molecule has 0 bridgehead atoms. The minimum Gasteiger partial charge on any atom is -0.472 e. The number of furan rings is 1. The molecule has 0 fully saturated rings. The van der Waals surface area contributed by atoms with Crippen LogP contribution in [0.5, 0.6) is 0 Å². The molecule has 3 aromatic rings. The second-order valence-electron chi connectivity index (χ2n) is 5.98. The lowest BCUT2D eigenvalue weighted by Crippen LogP contribution is -2.38. The van der Waals surface area contributed by atoms with E-state index in [2.05, 4.69) is 15.0 Å². The van der Waals surface area contributed by atoms with Crippen LogP contribution in [0.15, 0.2) is 45.7 Å². The number of halogens is 1. The summed E-state index contributed by atoms with van der Waals surface area (Å²) in [5.41, 5.74) is 8.56. The average Bonchev–Trinajstić information content (AvgIpc) is 3.25. The fourth-order valence-electron chi connectivity index (χ4n) is 3.11. The van der Waals surface area contributed by atoms with Gasteiger partial charge < -0.3 is 19.6 Å². The molecule has 24 heavy (non-hydrogen) atoms. The fraction of sp³-hybridized carbons (Fsp3) is 0.294. The summed E-state index contributed by atoms with van der Waals surface area (Å²) in [6.07, 6.45) is 3.91. The number of anilines is 1. The monoisotopic (exact) mass is 328 g/mol. The van der Waals surface area contributed by atoms with Gasteiger partial charge in [0.25, 0.3) is 0 Å². The van der Waals surface area contributed by atoms with Crippen LogP contribution in [0.4, 0.5) is 10.1 Å². The van der Waals surface area contributed by atoms with E-state index in [-0.39, 0.29) is 11.7 Å². The van der Waals surface area contributed by atoms with E-state index in [1.54, 1.807) is 30.7 Å². The Kier molecular flexibility index (Phi) is 3.78. The summed E-state index contributed by atoms with van der Waals surface area (Å²) in [4.78, 5) is 6.52. The van der Waals surface area contributed by atoms with Crippen molar-refractivity contribution >= 4 is 5.69 Å². The predicted molar refractivity (Wildman–Crippen MR) is 85.7 cm³/mol. The van der Waals surface area contributed by atoms with Crippen LogP contribution >= 0.6 is 0 Å². The maximum atomic E-state index is 13.5. The van der Waals surface area contributed by atoms with Gasteiger partial charge in [-0.15, -0.1) is 0 Å². The number of rotatable bonds is 4. The molecule has 0 amide bonds. The second kappa shape index (κ2) is 6.09. The lowest BCUT2D eigenvalue weighted by molar-refractivity contribution is 0.370. The van der Waals surface area contributed by atoms with E-state index in [1.807, 2.05) is 0 Å². The summed E-state index contributed by atoms with van der Waals surface area (Å²) in [5.74, 6) is 1.03. The average molecular weight is 328 g/mol. The van der Waals surface area contributed by atoms with Gasteiger partial charge in [-0.2, -0.15) is 4.98 Å². The summed E-state index contributed by atoms with van der Waals surface area (Å²) in [6, 6.07) is 6.62. The molecule has 2 N–H and O–H groups in total. The van der Waals surface area contributed by atoms with Crippen LogP contribution in [0.25, 0.3) is 11.4 Å². The van der Waals surface area contributed by atoms with Crippen molar-refractivity contribution in [3.05, 3.63) is 54.1 Å². The van der Waals surface area contributed by atoms with Crippen LogP contribution in [-0.4, -0.2) is 23.2 Å². The molecule has 124 valence electrons. The lowest BCUT2D eigenvalue weighted by atomic mass is 9.92. The Morgan fingerprint density at radius 3 is 3.04 bits per heavy atom. The highest BCUT2D eigenvalue weighted by Crippen LogP contribution is 2.31. The maximum absolute atomic E-state index is 13.5. The van der Waals surface area contributed by atoms with Crippen LogP contribution in [0, 0.1) is 11.7 Å². The van der Waals surface area contributed by atoms with Gasteiger partial charge >= 0.3 is 0 Å². The summed E-state index contributed by atoms with van der Waals surface area (Å²) < 4.78 is 23.9. The third-order valence-electron chi connectivity index (χ3n) is 4.28. The molecule has 0 saturated heterocycles. The molecule has 3 heterocycles. The lowest BCUT2D eigenvalue weighted by Gasteiger charge is -2.34. The first-order valence-electron chi connectivity index (χ1n) is 7.81. The first-order valence-corrected chi connectivity index (χ1v) is 7.81. The molecule has 0 saturated carbocycles. The Balaban J connectivity index is 1.60. The molecule has 0 aliphatic carbocycles. The van der Waals surface area contributed by atoms with E-state index >= 15 is 0 Å². The number of fused-ring (bicyclic) bond motifs is 1. The molecular weight excluding hydrogens is 311 g/mol. The predicted octanol–water partition coefficient (Wildman–Crippen LogP) is 2.61. The fourth-order valence-corrected chi connectivity index (χ4v) is 3.11. The Hall–Kier alpha value is -2.67. The van der Waals surface area contributed by atoms with Gasteiger partial charge in [0.15, 0.2) is 0 Å². The molecule has 6 nitrogen and oxygen atoms in total. The number of nitrogens with two attached hydrogens (primary N) is 1. The van der Waals surface area contributed by atoms with Gasteiger partial charge in [0.1, 0.15) is 12.1 Å². The van der Waals surface area contributed by atoms with Crippen molar-refractivity contribution in [2.75, 3.05) is 18.0 Å². The third kappa shape index (κ3) is 2.78. The van der Waals surface area contributed by atoms with E-state index in [0.29, 0.717) is 24.8 Å². The van der Waals surface area contributed by atoms with Crippen LogP contribution in [0.3, 0.4) is 0 Å². The topological polar surface area (TPSA) is 81.3 Å². The zero-order valence-corrected chi connectivity index (χ0v) is 13.0. The van der Waals surface area contributed by atoms with Crippen molar-refractivity contribution in [1.82, 2.24) is 10.1 Å². The number of nitrogens with zero attached hydrogens (tertiary/aromatic N) is 3. The molecule has 2 aromatic heterocycles. The minimum absolute atomic E-state index is 0.230. The standard InChI is InChI=1S/C17H17FN4O2/c18-14-1-2-15-13(6-14)5-11(7-19)8-22(15)9-16-20-17(21-24-16)12-3-4-23-10-12/h1-4,6,10-11H,5,7-9,19H2. The van der Waals surface area contributed by atoms with Gasteiger partial charge in [0, 0.05) is 12.2 Å². The first-order chi connectivity index (χ1) is 11.7. The van der Waals surface area contributed by atoms with Crippen LogP contribution in [-0.2, 0) is 13.0 Å². The van der Waals surface area contributed by atoms with Crippen molar-refractivity contribution < 1.29 is 13.3 Å². The molecule has 0 radical (unpaired) electrons. The second-order valence-corrected chi connectivity index (χ2v) is 5.98. The van der Waals surface area contributed by atoms with Gasteiger partial charge in [-0.25, -0.2) is 4.39 Å². The van der Waals surface area contributed by atoms with Gasteiger partial charge in [-0.05, 0) is 48.7 Å². The highest BCUT2D eigenvalue weighted by molar-refractivity contribution is 5.56. The summed E-state index contributed by atoms with van der Waals surface area (Å²) in [7, 11) is 0. The Morgan fingerprint density at radius 2 is 2.25 bits per heavy atom. The molecule has 4 rings (SSSR count). The molecule has 7 heteroatoms. The summed E-state index contributed by atoms with van der Waals surface area (Å²) in [5, 5.41) is 3.98. The van der Waals surface area contributed by atoms with Crippen LogP contribution in [0.1, 0.15) is 11.5 Å². The van der Waals surface area contributed by atoms with Gasteiger partial charge in [0.2, 0.25) is 11.7 Å². The Labute approximate surface area is 138 Å². The maximum Gasteiger partial charge on any atom is 0.246 e. The van der Waals surface area contributed by atoms with Gasteiger partial charge in [-0.1, -0.05) is 5.16 Å². The minimum atomic E-state index is -0.230. The largest absolute Gasteiger partial charge is 0.472 e. The molecular formula is C17H17FN4O2. The summed E-state index contributed by atoms with van der Waals surface area (Å²) in [6.45, 7) is 1.79. The molecule has 1 aliphatic heterocycles. The Bertz CT molecular complexity index is 831. The highest BCUT2D eigenvalue weighted by Gasteiger charge is 2.25. The SMILES string of the molecule is NCC1Cc2cc(F)ccc2N(Cc2nc(-c3ccoc3)no2)C1. The van der Waals surface area contributed by atoms with E-state index in [1.165, 1.54) is 6.07 Å². The van der Waals surface area contributed by atoms with Gasteiger partial charge in [-0.3, -0.25) is 0 Å². The first kappa shape index (κ1) is 14.9. The molecule has 1 unspecified atom stereocenters. The van der Waals surface area contributed by atoms with Crippen molar-refractivity contribution in [2.24, 2.45) is 11.7 Å². The smallest absolute Gasteiger partial charge is 0.246 e. The molecule has 1 atom stereocenters. The van der Waals surface area contributed by atoms with Gasteiger partial charge in [0.05, 0.1) is 18.4 Å². The van der Waals surface area contributed by atoms with Crippen molar-refractivity contribution in [3.8, 4) is 11.4 Å². The van der Waals surface area contributed by atoms with Crippen molar-refractivity contribution in [1.29, 1.82) is 0 Å². The Morgan fingerprint density at radius 1 is 1.33 bits per heavy atom. The third-order valence-corrected chi connectivity index (χ3v) is 4.28. The number of hydrogen-bond donors (Lipinski definition) is 1. The van der Waals surface area contributed by atoms with Crippen molar-refractivity contribution in [2.45, 2.75) is 13.0 Å². The van der Waals surface area contributed by atoms with E-state index in [0.717, 1.165) is 29.8 Å². The van der Waals surface area contributed by atoms with Crippen LogP contribution < -0.4 is 10.6 Å². The molecule has 1 aliphatic rings. The van der Waals surface area contributed by atoms with E-state index in [4.69, 9.17) is 14.7 Å². The number of aromatic nitrogens is 2. The highest BCUT2D eigenvalue weighted by atomic mass is 19.1. The summed E-state index contributed by atoms with van der Waals surface area (Å²) >= 11 is 0. The zero-order chi connectivity index (χ0) is 16.5. The van der Waals surface area contributed by atoms with E-state index in [9.17, 15) is 4.39 Å². The molecule has 0 spiro atoms. The van der Waals surface area contributed by atoms with Crippen LogP contribution in [0.2, 0.25) is 0 Å². The normalized spacial score (nSPS) is 17.1. The number of benzene rings is 1. The van der Waals surface area contributed by atoms with Crippen molar-refractivity contribution in [3.63, 3.8) is 0 Å². The zero-order valence-electron chi connectivity index (χ0n) is 13.0. The molecule has 1 aromatic carbocycles.